The van der Waals surface area contributed by atoms with Gasteiger partial charge in [-0.1, -0.05) is 18.2 Å². The van der Waals surface area contributed by atoms with Crippen molar-refractivity contribution in [1.29, 1.82) is 0 Å². The second-order valence-electron chi connectivity index (χ2n) is 8.58. The number of para-hydroxylation sites is 1. The minimum Gasteiger partial charge on any atom is -0.423 e. The lowest BCUT2D eigenvalue weighted by Crippen LogP contribution is -2.38. The van der Waals surface area contributed by atoms with Gasteiger partial charge < -0.3 is 19.7 Å². The van der Waals surface area contributed by atoms with Gasteiger partial charge in [-0.2, -0.15) is 0 Å². The number of rotatable bonds is 6. The zero-order valence-electron chi connectivity index (χ0n) is 18.2. The summed E-state index contributed by atoms with van der Waals surface area (Å²) in [4.78, 5) is 18.5. The number of hydrogen-bond donors (Lipinski definition) is 2. The van der Waals surface area contributed by atoms with Gasteiger partial charge in [0, 0.05) is 42.7 Å². The number of aromatic nitrogens is 1. The van der Waals surface area contributed by atoms with Crippen molar-refractivity contribution in [2.24, 2.45) is 5.92 Å². The lowest BCUT2D eigenvalue weighted by atomic mass is 9.89. The molecule has 1 aliphatic heterocycles. The number of aliphatic hydroxyl groups is 1. The van der Waals surface area contributed by atoms with Gasteiger partial charge in [-0.25, -0.2) is 14.2 Å². The first-order valence-corrected chi connectivity index (χ1v) is 11.3. The van der Waals surface area contributed by atoms with Gasteiger partial charge in [0.2, 0.25) is 0 Å². The molecular formula is C26H26FN3O3. The summed E-state index contributed by atoms with van der Waals surface area (Å²) in [6, 6.07) is 15.5. The lowest BCUT2D eigenvalue weighted by molar-refractivity contribution is 0.0879. The highest BCUT2D eigenvalue weighted by atomic mass is 19.1. The molecule has 33 heavy (non-hydrogen) atoms. The van der Waals surface area contributed by atoms with Gasteiger partial charge in [-0.15, -0.1) is 0 Å². The molecule has 2 aromatic carbocycles. The quantitative estimate of drug-likeness (QED) is 0.422. The van der Waals surface area contributed by atoms with Gasteiger partial charge in [0.05, 0.1) is 11.8 Å². The number of hydrogen-bond acceptors (Lipinski definition) is 6. The van der Waals surface area contributed by atoms with Crippen molar-refractivity contribution in [3.05, 3.63) is 77.0 Å². The van der Waals surface area contributed by atoms with E-state index in [1.807, 2.05) is 24.3 Å². The summed E-state index contributed by atoms with van der Waals surface area (Å²) in [5.74, 6) is 0.724. The molecule has 6 nitrogen and oxygen atoms in total. The first kappa shape index (κ1) is 21.4. The van der Waals surface area contributed by atoms with Gasteiger partial charge in [-0.05, 0) is 60.9 Å². The molecule has 0 aliphatic carbocycles. The predicted octanol–water partition coefficient (Wildman–Crippen LogP) is 4.56. The predicted molar refractivity (Wildman–Crippen MR) is 128 cm³/mol. The van der Waals surface area contributed by atoms with Gasteiger partial charge >= 0.3 is 5.63 Å². The molecule has 0 radical (unpaired) electrons. The minimum atomic E-state index is -0.441. The third kappa shape index (κ3) is 4.54. The van der Waals surface area contributed by atoms with Crippen molar-refractivity contribution in [1.82, 2.24) is 4.98 Å². The molecule has 1 atom stereocenters. The van der Waals surface area contributed by atoms with E-state index in [4.69, 9.17) is 4.42 Å². The summed E-state index contributed by atoms with van der Waals surface area (Å²) < 4.78 is 19.0. The highest BCUT2D eigenvalue weighted by Gasteiger charge is 2.26. The third-order valence-corrected chi connectivity index (χ3v) is 6.50. The smallest absolute Gasteiger partial charge is 0.338 e. The van der Waals surface area contributed by atoms with Crippen LogP contribution in [-0.4, -0.2) is 35.8 Å². The molecule has 2 aromatic heterocycles. The molecule has 3 heterocycles. The molecular weight excluding hydrogens is 421 g/mol. The Morgan fingerprint density at radius 2 is 1.94 bits per heavy atom. The Morgan fingerprint density at radius 1 is 1.12 bits per heavy atom. The Morgan fingerprint density at radius 3 is 2.79 bits per heavy atom. The van der Waals surface area contributed by atoms with Crippen molar-refractivity contribution in [3.63, 3.8) is 0 Å². The Hall–Kier alpha value is -3.45. The van der Waals surface area contributed by atoms with Crippen molar-refractivity contribution in [3.8, 4) is 0 Å². The van der Waals surface area contributed by atoms with Crippen LogP contribution in [0.5, 0.6) is 0 Å². The highest BCUT2D eigenvalue weighted by Crippen LogP contribution is 2.30. The fraction of sp³-hybridized carbons (Fsp3) is 0.308. The van der Waals surface area contributed by atoms with Crippen LogP contribution >= 0.6 is 0 Å². The number of piperidine rings is 1. The van der Waals surface area contributed by atoms with E-state index in [9.17, 15) is 14.3 Å². The van der Waals surface area contributed by atoms with Gasteiger partial charge in [-0.3, -0.25) is 0 Å². The summed E-state index contributed by atoms with van der Waals surface area (Å²) in [6.07, 6.45) is 3.58. The molecule has 7 heteroatoms. The number of fused-ring (bicyclic) bond motifs is 2. The maximum atomic E-state index is 13.8. The van der Waals surface area contributed by atoms with Crippen LogP contribution in [0.1, 0.15) is 19.3 Å². The van der Waals surface area contributed by atoms with E-state index in [0.717, 1.165) is 53.6 Å². The Balaban J connectivity index is 1.19. The summed E-state index contributed by atoms with van der Waals surface area (Å²) in [5.41, 5.74) is 0.867. The number of halogens is 1. The zero-order chi connectivity index (χ0) is 22.8. The van der Waals surface area contributed by atoms with E-state index in [1.165, 1.54) is 18.2 Å². The molecule has 5 rings (SSSR count). The molecule has 0 spiro atoms. The van der Waals surface area contributed by atoms with Gasteiger partial charge in [0.1, 0.15) is 17.2 Å². The largest absolute Gasteiger partial charge is 0.423 e. The molecule has 0 saturated carbocycles. The topological polar surface area (TPSA) is 78.6 Å². The van der Waals surface area contributed by atoms with E-state index in [1.54, 1.807) is 18.3 Å². The second kappa shape index (κ2) is 9.19. The molecule has 1 fully saturated rings. The van der Waals surface area contributed by atoms with Crippen molar-refractivity contribution >= 4 is 33.2 Å². The molecule has 1 saturated heterocycles. The molecule has 0 amide bonds. The van der Waals surface area contributed by atoms with Crippen molar-refractivity contribution in [2.75, 3.05) is 29.9 Å². The van der Waals surface area contributed by atoms with Crippen LogP contribution in [0.25, 0.3) is 21.7 Å². The summed E-state index contributed by atoms with van der Waals surface area (Å²) >= 11 is 0. The van der Waals surface area contributed by atoms with E-state index in [-0.39, 0.29) is 11.7 Å². The first-order valence-electron chi connectivity index (χ1n) is 11.3. The van der Waals surface area contributed by atoms with Crippen LogP contribution in [0.3, 0.4) is 0 Å². The molecule has 170 valence electrons. The van der Waals surface area contributed by atoms with Crippen LogP contribution in [-0.2, 0) is 0 Å². The highest BCUT2D eigenvalue weighted by molar-refractivity contribution is 5.92. The maximum absolute atomic E-state index is 13.8. The summed E-state index contributed by atoms with van der Waals surface area (Å²) in [5, 5.41) is 16.7. The van der Waals surface area contributed by atoms with Crippen LogP contribution in [0.2, 0.25) is 0 Å². The molecule has 1 unspecified atom stereocenters. The lowest BCUT2D eigenvalue weighted by Gasteiger charge is -2.35. The standard InChI is InChI=1S/C26H26FN3O3/c27-19-6-5-17-7-11-29-26(21(17)15-19)30-13-9-18(10-14-30)23(31)8-12-28-22-16-25(32)33-24-4-2-1-3-20(22)24/h1-7,11,15-16,18,23,28,31H,8-10,12-14H2. The fourth-order valence-electron chi connectivity index (χ4n) is 4.72. The number of benzene rings is 2. The van der Waals surface area contributed by atoms with Crippen molar-refractivity contribution < 1.29 is 13.9 Å². The van der Waals surface area contributed by atoms with E-state index >= 15 is 0 Å². The average Bonchev–Trinajstić information content (AvgIpc) is 2.83. The van der Waals surface area contributed by atoms with Crippen LogP contribution in [0.15, 0.2) is 70.0 Å². The van der Waals surface area contributed by atoms with Crippen LogP contribution in [0.4, 0.5) is 15.9 Å². The first-order chi connectivity index (χ1) is 16.1. The Kier molecular flexibility index (Phi) is 5.96. The Bertz CT molecular complexity index is 1330. The molecule has 4 aromatic rings. The van der Waals surface area contributed by atoms with Crippen LogP contribution < -0.4 is 15.8 Å². The molecule has 1 aliphatic rings. The zero-order valence-corrected chi connectivity index (χ0v) is 18.2. The van der Waals surface area contributed by atoms with E-state index < -0.39 is 11.7 Å². The van der Waals surface area contributed by atoms with Gasteiger partial charge in [0.25, 0.3) is 0 Å². The third-order valence-electron chi connectivity index (χ3n) is 6.50. The van der Waals surface area contributed by atoms with Crippen LogP contribution in [0, 0.1) is 11.7 Å². The summed E-state index contributed by atoms with van der Waals surface area (Å²) in [7, 11) is 0. The SMILES string of the molecule is O=c1cc(NCCC(O)C2CCN(c3nccc4ccc(F)cc34)CC2)c2ccccc2o1. The van der Waals surface area contributed by atoms with Gasteiger partial charge in [0.15, 0.2) is 0 Å². The number of anilines is 2. The van der Waals surface area contributed by atoms with E-state index in [0.29, 0.717) is 18.5 Å². The second-order valence-corrected chi connectivity index (χ2v) is 8.58. The Labute approximate surface area is 190 Å². The average molecular weight is 448 g/mol. The number of nitrogens with zero attached hydrogens (tertiary/aromatic N) is 2. The molecule has 2 N–H and O–H groups in total. The fourth-order valence-corrected chi connectivity index (χ4v) is 4.72. The summed E-state index contributed by atoms with van der Waals surface area (Å²) in [6.45, 7) is 2.09. The number of pyridine rings is 1. The number of nitrogens with one attached hydrogen (secondary N) is 1. The maximum Gasteiger partial charge on any atom is 0.338 e. The van der Waals surface area contributed by atoms with E-state index in [2.05, 4.69) is 15.2 Å². The number of aliphatic hydroxyl groups excluding tert-OH is 1. The minimum absolute atomic E-state index is 0.187. The molecule has 0 bridgehead atoms. The van der Waals surface area contributed by atoms with Crippen molar-refractivity contribution in [2.45, 2.75) is 25.4 Å². The monoisotopic (exact) mass is 447 g/mol. The normalized spacial score (nSPS) is 15.8.